The minimum Gasteiger partial charge on any atom is -0.453 e. The molecule has 0 saturated heterocycles. The summed E-state index contributed by atoms with van der Waals surface area (Å²) in [6.45, 7) is 17.2. The van der Waals surface area contributed by atoms with E-state index in [1.54, 1.807) is 6.08 Å². The molecule has 0 rings (SSSR count). The SMILES string of the molecule is C=C/C(C)=C\C(=C)C(C)(C)NC(=O)OC.CC. The van der Waals surface area contributed by atoms with Crippen molar-refractivity contribution >= 4 is 6.09 Å². The molecule has 17 heavy (non-hydrogen) atoms. The molecule has 0 fully saturated rings. The predicted molar refractivity (Wildman–Crippen MR) is 74.1 cm³/mol. The van der Waals surface area contributed by atoms with Crippen LogP contribution in [0.5, 0.6) is 0 Å². The second-order valence-electron chi connectivity index (χ2n) is 3.86. The molecular weight excluding hydrogens is 214 g/mol. The van der Waals surface area contributed by atoms with E-state index in [1.807, 2.05) is 40.7 Å². The lowest BCUT2D eigenvalue weighted by molar-refractivity contribution is 0.163. The van der Waals surface area contributed by atoms with Crippen LogP contribution in [0.15, 0.2) is 36.5 Å². The van der Waals surface area contributed by atoms with E-state index in [2.05, 4.69) is 23.2 Å². The zero-order valence-electron chi connectivity index (χ0n) is 11.9. The number of carbonyl (C=O) groups is 1. The Hall–Kier alpha value is -1.51. The number of alkyl carbamates (subject to hydrolysis) is 1. The molecule has 0 aliphatic carbocycles. The summed E-state index contributed by atoms with van der Waals surface area (Å²) in [5.74, 6) is 0. The van der Waals surface area contributed by atoms with Crippen LogP contribution < -0.4 is 5.32 Å². The number of ether oxygens (including phenoxy) is 1. The van der Waals surface area contributed by atoms with E-state index in [4.69, 9.17) is 0 Å². The van der Waals surface area contributed by atoms with Crippen LogP contribution in [0, 0.1) is 0 Å². The molecule has 0 radical (unpaired) electrons. The summed E-state index contributed by atoms with van der Waals surface area (Å²) in [6.07, 6.45) is 3.15. The molecule has 0 bridgehead atoms. The van der Waals surface area contributed by atoms with Crippen LogP contribution in [-0.4, -0.2) is 18.7 Å². The molecule has 3 nitrogen and oxygen atoms in total. The minimum absolute atomic E-state index is 0.467. The molecule has 0 aromatic carbocycles. The highest BCUT2D eigenvalue weighted by Gasteiger charge is 2.22. The number of methoxy groups -OCH3 is 1. The summed E-state index contributed by atoms with van der Waals surface area (Å²) >= 11 is 0. The summed E-state index contributed by atoms with van der Waals surface area (Å²) in [7, 11) is 1.33. The normalized spacial score (nSPS) is 10.8. The lowest BCUT2D eigenvalue weighted by Crippen LogP contribution is -2.44. The second kappa shape index (κ2) is 8.62. The molecule has 0 saturated carbocycles. The third-order valence-electron chi connectivity index (χ3n) is 2.13. The maximum absolute atomic E-state index is 11.1. The van der Waals surface area contributed by atoms with Gasteiger partial charge in [-0.25, -0.2) is 4.79 Å². The average Bonchev–Trinajstić information content (AvgIpc) is 2.30. The van der Waals surface area contributed by atoms with Crippen LogP contribution in [0.4, 0.5) is 4.79 Å². The minimum atomic E-state index is -0.530. The summed E-state index contributed by atoms with van der Waals surface area (Å²) in [5.41, 5.74) is 1.27. The van der Waals surface area contributed by atoms with Crippen LogP contribution in [0.3, 0.4) is 0 Å². The van der Waals surface area contributed by atoms with Gasteiger partial charge < -0.3 is 10.1 Å². The largest absolute Gasteiger partial charge is 0.453 e. The molecule has 0 spiro atoms. The van der Waals surface area contributed by atoms with E-state index >= 15 is 0 Å². The molecule has 0 unspecified atom stereocenters. The molecule has 98 valence electrons. The maximum Gasteiger partial charge on any atom is 0.407 e. The first-order chi connectivity index (χ1) is 7.83. The van der Waals surface area contributed by atoms with Gasteiger partial charge in [0.15, 0.2) is 0 Å². The van der Waals surface area contributed by atoms with E-state index in [-0.39, 0.29) is 0 Å². The zero-order chi connectivity index (χ0) is 14.1. The van der Waals surface area contributed by atoms with Crippen LogP contribution >= 0.6 is 0 Å². The van der Waals surface area contributed by atoms with Crippen molar-refractivity contribution in [3.63, 3.8) is 0 Å². The fraction of sp³-hybridized carbons (Fsp3) is 0.500. The third-order valence-corrected chi connectivity index (χ3v) is 2.13. The summed E-state index contributed by atoms with van der Waals surface area (Å²) < 4.78 is 4.54. The quantitative estimate of drug-likeness (QED) is 0.757. The molecule has 0 aromatic rings. The number of carbonyl (C=O) groups excluding carboxylic acids is 1. The number of nitrogens with one attached hydrogen (secondary N) is 1. The molecule has 0 atom stereocenters. The molecule has 0 aliphatic rings. The van der Waals surface area contributed by atoms with Gasteiger partial charge in [-0.3, -0.25) is 0 Å². The molecular formula is C14H25NO2. The Kier molecular flexibility index (Phi) is 9.06. The Labute approximate surface area is 105 Å². The molecule has 1 N–H and O–H groups in total. The zero-order valence-corrected chi connectivity index (χ0v) is 11.9. The Morgan fingerprint density at radius 3 is 2.18 bits per heavy atom. The lowest BCUT2D eigenvalue weighted by atomic mass is 9.94. The summed E-state index contributed by atoms with van der Waals surface area (Å²) in [4.78, 5) is 11.1. The van der Waals surface area contributed by atoms with Gasteiger partial charge >= 0.3 is 6.09 Å². The van der Waals surface area contributed by atoms with Gasteiger partial charge in [-0.05, 0) is 26.3 Å². The number of rotatable bonds is 4. The molecule has 1 amide bonds. The molecule has 3 heteroatoms. The first-order valence-corrected chi connectivity index (χ1v) is 5.69. The highest BCUT2D eigenvalue weighted by molar-refractivity contribution is 5.69. The third kappa shape index (κ3) is 7.39. The Morgan fingerprint density at radius 2 is 1.82 bits per heavy atom. The molecule has 0 aliphatic heterocycles. The van der Waals surface area contributed by atoms with E-state index in [0.717, 1.165) is 11.1 Å². The number of hydrogen-bond donors (Lipinski definition) is 1. The van der Waals surface area contributed by atoms with Gasteiger partial charge in [-0.2, -0.15) is 0 Å². The summed E-state index contributed by atoms with van der Waals surface area (Å²) in [5, 5.41) is 2.70. The second-order valence-corrected chi connectivity index (χ2v) is 3.86. The van der Waals surface area contributed by atoms with Gasteiger partial charge in [0, 0.05) is 0 Å². The maximum atomic E-state index is 11.1. The average molecular weight is 239 g/mol. The van der Waals surface area contributed by atoms with E-state index in [1.165, 1.54) is 7.11 Å². The first-order valence-electron chi connectivity index (χ1n) is 5.69. The number of allylic oxidation sites excluding steroid dienone is 2. The Bertz CT molecular complexity index is 301. The Balaban J connectivity index is 0. The van der Waals surface area contributed by atoms with Gasteiger partial charge in [0.1, 0.15) is 0 Å². The number of amides is 1. The highest BCUT2D eigenvalue weighted by atomic mass is 16.5. The van der Waals surface area contributed by atoms with Gasteiger partial charge in [-0.1, -0.05) is 44.7 Å². The van der Waals surface area contributed by atoms with Crippen molar-refractivity contribution in [2.45, 2.75) is 40.2 Å². The predicted octanol–water partition coefficient (Wildman–Crippen LogP) is 3.84. The Morgan fingerprint density at radius 1 is 1.35 bits per heavy atom. The monoisotopic (exact) mass is 239 g/mol. The van der Waals surface area contributed by atoms with Crippen LogP contribution in [0.1, 0.15) is 34.6 Å². The fourth-order valence-corrected chi connectivity index (χ4v) is 0.901. The van der Waals surface area contributed by atoms with E-state index in [9.17, 15) is 4.79 Å². The summed E-state index contributed by atoms with van der Waals surface area (Å²) in [6, 6.07) is 0. The van der Waals surface area contributed by atoms with Crippen molar-refractivity contribution in [2.75, 3.05) is 7.11 Å². The van der Waals surface area contributed by atoms with Crippen molar-refractivity contribution in [3.05, 3.63) is 36.5 Å². The topological polar surface area (TPSA) is 38.3 Å². The first kappa shape index (κ1) is 17.9. The van der Waals surface area contributed by atoms with Crippen LogP contribution in [0.2, 0.25) is 0 Å². The lowest BCUT2D eigenvalue weighted by Gasteiger charge is -2.26. The van der Waals surface area contributed by atoms with Gasteiger partial charge in [0.25, 0.3) is 0 Å². The van der Waals surface area contributed by atoms with Crippen molar-refractivity contribution in [1.82, 2.24) is 5.32 Å². The van der Waals surface area contributed by atoms with Gasteiger partial charge in [-0.15, -0.1) is 0 Å². The van der Waals surface area contributed by atoms with Crippen molar-refractivity contribution < 1.29 is 9.53 Å². The highest BCUT2D eigenvalue weighted by Crippen LogP contribution is 2.17. The van der Waals surface area contributed by atoms with Crippen molar-refractivity contribution in [2.24, 2.45) is 0 Å². The van der Waals surface area contributed by atoms with Crippen molar-refractivity contribution in [3.8, 4) is 0 Å². The fourth-order valence-electron chi connectivity index (χ4n) is 0.901. The van der Waals surface area contributed by atoms with Crippen molar-refractivity contribution in [1.29, 1.82) is 0 Å². The van der Waals surface area contributed by atoms with Gasteiger partial charge in [0.05, 0.1) is 12.6 Å². The standard InChI is InChI=1S/C12H19NO2.C2H6/c1-7-9(2)8-10(3)12(4,5)13-11(14)15-6;1-2/h7-8H,1,3H2,2,4-6H3,(H,13,14);1-2H3/b9-8-;. The van der Waals surface area contributed by atoms with E-state index < -0.39 is 11.6 Å². The van der Waals surface area contributed by atoms with E-state index in [0.29, 0.717) is 0 Å². The molecule has 0 aromatic heterocycles. The van der Waals surface area contributed by atoms with Crippen LogP contribution in [-0.2, 0) is 4.74 Å². The number of hydrogen-bond acceptors (Lipinski definition) is 2. The van der Waals surface area contributed by atoms with Gasteiger partial charge in [0.2, 0.25) is 0 Å². The van der Waals surface area contributed by atoms with Crippen LogP contribution in [0.25, 0.3) is 0 Å². The molecule has 0 heterocycles. The smallest absolute Gasteiger partial charge is 0.407 e.